The van der Waals surface area contributed by atoms with Crippen molar-refractivity contribution >= 4 is 11.6 Å². The molecular formula is C20H25N3O. The summed E-state index contributed by atoms with van der Waals surface area (Å²) < 4.78 is 0. The first-order chi connectivity index (χ1) is 11.6. The van der Waals surface area contributed by atoms with Crippen LogP contribution < -0.4 is 16.0 Å². The summed E-state index contributed by atoms with van der Waals surface area (Å²) in [6.07, 6.45) is 2.38. The van der Waals surface area contributed by atoms with Gasteiger partial charge in [-0.3, -0.25) is 4.79 Å². The van der Waals surface area contributed by atoms with E-state index in [1.807, 2.05) is 43.3 Å². The predicted molar refractivity (Wildman–Crippen MR) is 98.3 cm³/mol. The van der Waals surface area contributed by atoms with E-state index >= 15 is 0 Å². The van der Waals surface area contributed by atoms with Crippen LogP contribution in [0, 0.1) is 6.92 Å². The van der Waals surface area contributed by atoms with Gasteiger partial charge in [-0.1, -0.05) is 42.0 Å². The molecule has 4 heteroatoms. The molecule has 0 spiro atoms. The second-order valence-corrected chi connectivity index (χ2v) is 6.44. The molecule has 1 amide bonds. The number of aryl methyl sites for hydroxylation is 1. The zero-order valence-corrected chi connectivity index (χ0v) is 14.2. The van der Waals surface area contributed by atoms with Crippen molar-refractivity contribution in [1.82, 2.24) is 5.32 Å². The molecule has 1 fully saturated rings. The molecule has 1 atom stereocenters. The minimum atomic E-state index is -0.199. The molecule has 0 radical (unpaired) electrons. The van der Waals surface area contributed by atoms with Gasteiger partial charge in [-0.05, 0) is 37.5 Å². The van der Waals surface area contributed by atoms with E-state index in [2.05, 4.69) is 22.3 Å². The van der Waals surface area contributed by atoms with E-state index in [1.165, 1.54) is 12.8 Å². The Morgan fingerprint density at radius 2 is 1.88 bits per heavy atom. The van der Waals surface area contributed by atoms with Crippen molar-refractivity contribution in [3.8, 4) is 0 Å². The molecule has 24 heavy (non-hydrogen) atoms. The number of benzene rings is 2. The lowest BCUT2D eigenvalue weighted by molar-refractivity contribution is 0.0951. The molecule has 2 aromatic rings. The number of nitrogens with zero attached hydrogens (tertiary/aromatic N) is 1. The van der Waals surface area contributed by atoms with Crippen LogP contribution in [0.15, 0.2) is 48.5 Å². The fraction of sp³-hybridized carbons (Fsp3) is 0.350. The number of hydrogen-bond donors (Lipinski definition) is 2. The molecule has 3 N–H and O–H groups in total. The molecule has 3 rings (SSSR count). The Hall–Kier alpha value is -2.33. The Bertz CT molecular complexity index is 693. The summed E-state index contributed by atoms with van der Waals surface area (Å²) in [5, 5.41) is 3.00. The molecule has 1 heterocycles. The Morgan fingerprint density at radius 1 is 1.17 bits per heavy atom. The van der Waals surface area contributed by atoms with E-state index in [9.17, 15) is 4.79 Å². The maximum absolute atomic E-state index is 12.7. The quantitative estimate of drug-likeness (QED) is 0.889. The van der Waals surface area contributed by atoms with Crippen molar-refractivity contribution in [2.45, 2.75) is 25.8 Å². The standard InChI is InChI=1S/C20H25N3O/c1-15-9-10-19(23-11-5-6-12-23)17(13-15)20(24)22-14-18(21)16-7-3-2-4-8-16/h2-4,7-10,13,18H,5-6,11-12,14,21H2,1H3,(H,22,24). The van der Waals surface area contributed by atoms with Crippen molar-refractivity contribution in [3.05, 3.63) is 65.2 Å². The average molecular weight is 323 g/mol. The maximum atomic E-state index is 12.7. The summed E-state index contributed by atoms with van der Waals surface area (Å²) >= 11 is 0. The monoisotopic (exact) mass is 323 g/mol. The van der Waals surface area contributed by atoms with Crippen molar-refractivity contribution in [3.63, 3.8) is 0 Å². The molecule has 1 saturated heterocycles. The normalized spacial score (nSPS) is 15.3. The van der Waals surface area contributed by atoms with Crippen LogP contribution in [-0.2, 0) is 0 Å². The first kappa shape index (κ1) is 16.5. The second-order valence-electron chi connectivity index (χ2n) is 6.44. The third-order valence-electron chi connectivity index (χ3n) is 4.55. The molecule has 0 aliphatic carbocycles. The Kier molecular flexibility index (Phi) is 5.16. The highest BCUT2D eigenvalue weighted by molar-refractivity contribution is 6.00. The van der Waals surface area contributed by atoms with Crippen molar-refractivity contribution in [2.75, 3.05) is 24.5 Å². The summed E-state index contributed by atoms with van der Waals surface area (Å²) in [7, 11) is 0. The molecular weight excluding hydrogens is 298 g/mol. The van der Waals surface area contributed by atoms with Crippen LogP contribution in [0.4, 0.5) is 5.69 Å². The number of nitrogens with one attached hydrogen (secondary N) is 1. The van der Waals surface area contributed by atoms with E-state index in [0.29, 0.717) is 6.54 Å². The van der Waals surface area contributed by atoms with Gasteiger partial charge in [0.15, 0.2) is 0 Å². The van der Waals surface area contributed by atoms with Crippen LogP contribution in [0.25, 0.3) is 0 Å². The van der Waals surface area contributed by atoms with E-state index in [4.69, 9.17) is 5.73 Å². The van der Waals surface area contributed by atoms with Gasteiger partial charge in [0, 0.05) is 31.4 Å². The summed E-state index contributed by atoms with van der Waals surface area (Å²) in [5.41, 5.74) is 10.1. The van der Waals surface area contributed by atoms with Gasteiger partial charge in [-0.15, -0.1) is 0 Å². The summed E-state index contributed by atoms with van der Waals surface area (Å²) in [4.78, 5) is 15.0. The number of rotatable bonds is 5. The van der Waals surface area contributed by atoms with Crippen LogP contribution in [-0.4, -0.2) is 25.5 Å². The Balaban J connectivity index is 1.71. The lowest BCUT2D eigenvalue weighted by atomic mass is 10.1. The van der Waals surface area contributed by atoms with Gasteiger partial charge in [-0.2, -0.15) is 0 Å². The number of carbonyl (C=O) groups is 1. The van der Waals surface area contributed by atoms with Crippen molar-refractivity contribution in [2.24, 2.45) is 5.73 Å². The van der Waals surface area contributed by atoms with E-state index in [1.54, 1.807) is 0 Å². The zero-order chi connectivity index (χ0) is 16.9. The van der Waals surface area contributed by atoms with Gasteiger partial charge in [0.1, 0.15) is 0 Å². The smallest absolute Gasteiger partial charge is 0.253 e. The van der Waals surface area contributed by atoms with Gasteiger partial charge in [0.05, 0.1) is 5.56 Å². The molecule has 0 saturated carbocycles. The molecule has 126 valence electrons. The summed E-state index contributed by atoms with van der Waals surface area (Å²) in [5.74, 6) is -0.0491. The van der Waals surface area contributed by atoms with Crippen LogP contribution in [0.2, 0.25) is 0 Å². The first-order valence-electron chi connectivity index (χ1n) is 8.59. The van der Waals surface area contributed by atoms with Crippen molar-refractivity contribution < 1.29 is 4.79 Å². The Labute approximate surface area is 143 Å². The van der Waals surface area contributed by atoms with E-state index in [-0.39, 0.29) is 11.9 Å². The van der Waals surface area contributed by atoms with Crippen LogP contribution in [0.5, 0.6) is 0 Å². The molecule has 4 nitrogen and oxygen atoms in total. The topological polar surface area (TPSA) is 58.4 Å². The van der Waals surface area contributed by atoms with E-state index < -0.39 is 0 Å². The highest BCUT2D eigenvalue weighted by atomic mass is 16.1. The molecule has 1 aliphatic rings. The lowest BCUT2D eigenvalue weighted by Crippen LogP contribution is -2.33. The molecule has 0 aromatic heterocycles. The van der Waals surface area contributed by atoms with Crippen LogP contribution >= 0.6 is 0 Å². The number of amides is 1. The minimum Gasteiger partial charge on any atom is -0.371 e. The predicted octanol–water partition coefficient (Wildman–Crippen LogP) is 3.03. The molecule has 0 bridgehead atoms. The summed E-state index contributed by atoms with van der Waals surface area (Å²) in [6.45, 7) is 4.48. The number of hydrogen-bond acceptors (Lipinski definition) is 3. The second kappa shape index (κ2) is 7.49. The largest absolute Gasteiger partial charge is 0.371 e. The number of anilines is 1. The minimum absolute atomic E-state index is 0.0491. The van der Waals surface area contributed by atoms with Gasteiger partial charge in [-0.25, -0.2) is 0 Å². The third kappa shape index (κ3) is 3.77. The lowest BCUT2D eigenvalue weighted by Gasteiger charge is -2.22. The maximum Gasteiger partial charge on any atom is 0.253 e. The van der Waals surface area contributed by atoms with Gasteiger partial charge in [0.25, 0.3) is 5.91 Å². The molecule has 1 unspecified atom stereocenters. The fourth-order valence-corrected chi connectivity index (χ4v) is 3.18. The van der Waals surface area contributed by atoms with Gasteiger partial charge in [0.2, 0.25) is 0 Å². The van der Waals surface area contributed by atoms with Gasteiger partial charge < -0.3 is 16.0 Å². The molecule has 1 aliphatic heterocycles. The number of nitrogens with two attached hydrogens (primary N) is 1. The highest BCUT2D eigenvalue weighted by Gasteiger charge is 2.20. The third-order valence-corrected chi connectivity index (χ3v) is 4.55. The molecule has 2 aromatic carbocycles. The zero-order valence-electron chi connectivity index (χ0n) is 14.2. The SMILES string of the molecule is Cc1ccc(N2CCCC2)c(C(=O)NCC(N)c2ccccc2)c1. The average Bonchev–Trinajstić information content (AvgIpc) is 3.14. The van der Waals surface area contributed by atoms with Crippen LogP contribution in [0.1, 0.15) is 40.4 Å². The van der Waals surface area contributed by atoms with Crippen molar-refractivity contribution in [1.29, 1.82) is 0 Å². The number of carbonyl (C=O) groups excluding carboxylic acids is 1. The first-order valence-corrected chi connectivity index (χ1v) is 8.59. The Morgan fingerprint density at radius 3 is 2.58 bits per heavy atom. The summed E-state index contributed by atoms with van der Waals surface area (Å²) in [6, 6.07) is 15.8. The van der Waals surface area contributed by atoms with Gasteiger partial charge >= 0.3 is 0 Å². The highest BCUT2D eigenvalue weighted by Crippen LogP contribution is 2.25. The van der Waals surface area contributed by atoms with Crippen LogP contribution in [0.3, 0.4) is 0 Å². The fourth-order valence-electron chi connectivity index (χ4n) is 3.18. The van der Waals surface area contributed by atoms with E-state index in [0.717, 1.165) is 35.5 Å².